The number of likely N-dealkylation sites (tertiary alicyclic amines) is 1. The molecule has 5 heteroatoms. The van der Waals surface area contributed by atoms with Crippen molar-refractivity contribution in [2.24, 2.45) is 17.6 Å². The molecule has 2 aromatic rings. The fourth-order valence-electron chi connectivity index (χ4n) is 3.49. The average molecular weight is 389 g/mol. The predicted octanol–water partition coefficient (Wildman–Crippen LogP) is 3.81. The molecule has 1 heterocycles. The summed E-state index contributed by atoms with van der Waals surface area (Å²) in [6.45, 7) is 4.81. The molecule has 1 fully saturated rings. The van der Waals surface area contributed by atoms with Crippen molar-refractivity contribution in [1.82, 2.24) is 4.90 Å². The molecule has 0 saturated carbocycles. The second-order valence-corrected chi connectivity index (χ2v) is 7.16. The van der Waals surface area contributed by atoms with Gasteiger partial charge in [-0.1, -0.05) is 67.6 Å². The summed E-state index contributed by atoms with van der Waals surface area (Å²) >= 11 is 0. The van der Waals surface area contributed by atoms with Crippen molar-refractivity contribution < 1.29 is 9.53 Å². The largest absolute Gasteiger partial charge is 0.376 e. The first kappa shape index (κ1) is 21.4. The monoisotopic (exact) mass is 388 g/mol. The Hall–Kier alpha value is -1.88. The number of hydrogen-bond donors (Lipinski definition) is 1. The minimum atomic E-state index is -0.267. The lowest BCUT2D eigenvalue weighted by atomic mass is 9.94. The van der Waals surface area contributed by atoms with Gasteiger partial charge in [-0.15, -0.1) is 12.4 Å². The van der Waals surface area contributed by atoms with Crippen LogP contribution in [0.5, 0.6) is 0 Å². The second kappa shape index (κ2) is 10.5. The normalized spacial score (nSPS) is 18.6. The van der Waals surface area contributed by atoms with E-state index in [-0.39, 0.29) is 30.3 Å². The van der Waals surface area contributed by atoms with Crippen molar-refractivity contribution in [2.45, 2.75) is 26.0 Å². The fourth-order valence-corrected chi connectivity index (χ4v) is 3.49. The van der Waals surface area contributed by atoms with Gasteiger partial charge in [0, 0.05) is 25.0 Å². The number of carbonyl (C=O) groups excluding carboxylic acids is 1. The zero-order chi connectivity index (χ0) is 18.4. The molecule has 2 N–H and O–H groups in total. The van der Waals surface area contributed by atoms with Crippen LogP contribution < -0.4 is 5.73 Å². The van der Waals surface area contributed by atoms with Gasteiger partial charge >= 0.3 is 0 Å². The molecule has 1 aliphatic heterocycles. The molecule has 0 spiro atoms. The first-order valence-electron chi connectivity index (χ1n) is 9.36. The summed E-state index contributed by atoms with van der Waals surface area (Å²) in [6.07, 6.45) is 0.994. The SMILES string of the molecule is CC(C(=O)N1CCC(COCc2ccccc2)C1)C(N)c1ccccc1.Cl. The third-order valence-corrected chi connectivity index (χ3v) is 5.18. The topological polar surface area (TPSA) is 55.6 Å². The molecule has 0 bridgehead atoms. The van der Waals surface area contributed by atoms with E-state index >= 15 is 0 Å². The van der Waals surface area contributed by atoms with Crippen LogP contribution in [-0.4, -0.2) is 30.5 Å². The van der Waals surface area contributed by atoms with E-state index in [1.54, 1.807) is 0 Å². The number of nitrogens with two attached hydrogens (primary N) is 1. The summed E-state index contributed by atoms with van der Waals surface area (Å²) < 4.78 is 5.85. The van der Waals surface area contributed by atoms with E-state index in [1.807, 2.05) is 60.4 Å². The quantitative estimate of drug-likeness (QED) is 0.784. The van der Waals surface area contributed by atoms with E-state index in [0.717, 1.165) is 25.1 Å². The van der Waals surface area contributed by atoms with E-state index in [1.165, 1.54) is 5.56 Å². The van der Waals surface area contributed by atoms with Crippen LogP contribution in [0.2, 0.25) is 0 Å². The highest BCUT2D eigenvalue weighted by Crippen LogP contribution is 2.25. The van der Waals surface area contributed by atoms with Crippen molar-refractivity contribution in [3.8, 4) is 0 Å². The third kappa shape index (κ3) is 5.80. The number of benzene rings is 2. The molecule has 3 unspecified atom stereocenters. The number of nitrogens with zero attached hydrogens (tertiary/aromatic N) is 1. The number of rotatable bonds is 7. The van der Waals surface area contributed by atoms with Gasteiger partial charge in [-0.05, 0) is 17.5 Å². The molecule has 3 atom stereocenters. The maximum absolute atomic E-state index is 12.8. The highest BCUT2D eigenvalue weighted by molar-refractivity contribution is 5.85. The Morgan fingerprint density at radius 3 is 2.44 bits per heavy atom. The molecule has 3 rings (SSSR count). The summed E-state index contributed by atoms with van der Waals surface area (Å²) in [7, 11) is 0. The fraction of sp³-hybridized carbons (Fsp3) is 0.409. The van der Waals surface area contributed by atoms with Gasteiger partial charge in [-0.25, -0.2) is 0 Å². The number of carbonyl (C=O) groups is 1. The van der Waals surface area contributed by atoms with Gasteiger partial charge < -0.3 is 15.4 Å². The molecule has 1 amide bonds. The molecule has 0 aromatic heterocycles. The summed E-state index contributed by atoms with van der Waals surface area (Å²) in [5.74, 6) is 0.330. The maximum Gasteiger partial charge on any atom is 0.227 e. The summed E-state index contributed by atoms with van der Waals surface area (Å²) in [5, 5.41) is 0. The minimum absolute atomic E-state index is 0. The lowest BCUT2D eigenvalue weighted by Crippen LogP contribution is -2.38. The van der Waals surface area contributed by atoms with Crippen molar-refractivity contribution in [2.75, 3.05) is 19.7 Å². The van der Waals surface area contributed by atoms with E-state index in [9.17, 15) is 4.79 Å². The van der Waals surface area contributed by atoms with E-state index in [4.69, 9.17) is 10.5 Å². The zero-order valence-corrected chi connectivity index (χ0v) is 16.6. The standard InChI is InChI=1S/C22H28N2O2.ClH/c1-17(21(23)20-10-6-3-7-11-20)22(25)24-13-12-19(14-24)16-26-15-18-8-4-2-5-9-18;/h2-11,17,19,21H,12-16,23H2,1H3;1H. The second-order valence-electron chi connectivity index (χ2n) is 7.16. The predicted molar refractivity (Wildman–Crippen MR) is 111 cm³/mol. The number of ether oxygens (including phenoxy) is 1. The van der Waals surface area contributed by atoms with Crippen LogP contribution in [0.1, 0.15) is 30.5 Å². The van der Waals surface area contributed by atoms with Crippen LogP contribution in [0.15, 0.2) is 60.7 Å². The van der Waals surface area contributed by atoms with E-state index in [0.29, 0.717) is 19.1 Å². The van der Waals surface area contributed by atoms with Crippen LogP contribution in [0, 0.1) is 11.8 Å². The van der Waals surface area contributed by atoms with Gasteiger partial charge in [0.05, 0.1) is 19.1 Å². The van der Waals surface area contributed by atoms with Crippen molar-refractivity contribution in [3.63, 3.8) is 0 Å². The first-order chi connectivity index (χ1) is 12.6. The smallest absolute Gasteiger partial charge is 0.227 e. The molecule has 1 aliphatic rings. The van der Waals surface area contributed by atoms with Crippen molar-refractivity contribution >= 4 is 18.3 Å². The van der Waals surface area contributed by atoms with E-state index in [2.05, 4.69) is 12.1 Å². The van der Waals surface area contributed by atoms with E-state index < -0.39 is 0 Å². The van der Waals surface area contributed by atoms with Gasteiger partial charge in [0.1, 0.15) is 0 Å². The van der Waals surface area contributed by atoms with Gasteiger partial charge in [0.2, 0.25) is 5.91 Å². The Balaban J connectivity index is 0.00000261. The molecule has 27 heavy (non-hydrogen) atoms. The molecular weight excluding hydrogens is 360 g/mol. The number of hydrogen-bond acceptors (Lipinski definition) is 3. The Morgan fingerprint density at radius 1 is 1.15 bits per heavy atom. The Morgan fingerprint density at radius 2 is 1.78 bits per heavy atom. The van der Waals surface area contributed by atoms with Crippen molar-refractivity contribution in [3.05, 3.63) is 71.8 Å². The number of amides is 1. The molecule has 4 nitrogen and oxygen atoms in total. The lowest BCUT2D eigenvalue weighted by Gasteiger charge is -2.25. The molecule has 146 valence electrons. The first-order valence-corrected chi connectivity index (χ1v) is 9.36. The number of halogens is 1. The molecule has 1 saturated heterocycles. The van der Waals surface area contributed by atoms with Crippen molar-refractivity contribution in [1.29, 1.82) is 0 Å². The third-order valence-electron chi connectivity index (χ3n) is 5.18. The van der Waals surface area contributed by atoms with Crippen LogP contribution >= 0.6 is 12.4 Å². The molecule has 2 aromatic carbocycles. The average Bonchev–Trinajstić information content (AvgIpc) is 3.16. The Labute approximate surface area is 168 Å². The maximum atomic E-state index is 12.8. The highest BCUT2D eigenvalue weighted by atomic mass is 35.5. The lowest BCUT2D eigenvalue weighted by molar-refractivity contribution is -0.134. The van der Waals surface area contributed by atoms with Gasteiger partial charge in [-0.2, -0.15) is 0 Å². The Bertz CT molecular complexity index is 696. The molecule has 0 aliphatic carbocycles. The minimum Gasteiger partial charge on any atom is -0.376 e. The van der Waals surface area contributed by atoms with Crippen LogP contribution in [0.25, 0.3) is 0 Å². The van der Waals surface area contributed by atoms with Crippen LogP contribution in [-0.2, 0) is 16.1 Å². The Kier molecular flexibility index (Phi) is 8.29. The van der Waals surface area contributed by atoms with Crippen LogP contribution in [0.4, 0.5) is 0 Å². The summed E-state index contributed by atoms with van der Waals surface area (Å²) in [6, 6.07) is 19.8. The summed E-state index contributed by atoms with van der Waals surface area (Å²) in [5.41, 5.74) is 8.51. The summed E-state index contributed by atoms with van der Waals surface area (Å²) in [4.78, 5) is 14.8. The van der Waals surface area contributed by atoms with Gasteiger partial charge in [0.15, 0.2) is 0 Å². The van der Waals surface area contributed by atoms with Gasteiger partial charge in [0.25, 0.3) is 0 Å². The zero-order valence-electron chi connectivity index (χ0n) is 15.8. The molecular formula is C22H29ClN2O2. The van der Waals surface area contributed by atoms with Crippen LogP contribution in [0.3, 0.4) is 0 Å². The highest BCUT2D eigenvalue weighted by Gasteiger charge is 2.31. The molecule has 0 radical (unpaired) electrons. The van der Waals surface area contributed by atoms with Gasteiger partial charge in [-0.3, -0.25) is 4.79 Å².